The second-order valence-corrected chi connectivity index (χ2v) is 4.94. The average molecular weight is 245 g/mol. The van der Waals surface area contributed by atoms with Gasteiger partial charge in [-0.25, -0.2) is 10.8 Å². The Morgan fingerprint density at radius 3 is 2.71 bits per heavy atom. The Balaban J connectivity index is 2.25. The van der Waals surface area contributed by atoms with Gasteiger partial charge in [0.2, 0.25) is 0 Å². The topological polar surface area (TPSA) is 50.9 Å². The molecule has 2 aromatic rings. The summed E-state index contributed by atoms with van der Waals surface area (Å²) in [6.45, 7) is 4.21. The quantitative estimate of drug-likeness (QED) is 0.644. The third-order valence-electron chi connectivity index (χ3n) is 2.42. The molecule has 0 aliphatic rings. The van der Waals surface area contributed by atoms with E-state index < -0.39 is 0 Å². The average Bonchev–Trinajstić information content (AvgIpc) is 2.33. The first-order valence-corrected chi connectivity index (χ1v) is 6.19. The van der Waals surface area contributed by atoms with E-state index in [0.717, 1.165) is 5.03 Å². The lowest BCUT2D eigenvalue weighted by Gasteiger charge is -2.07. The van der Waals surface area contributed by atoms with Gasteiger partial charge >= 0.3 is 0 Å². The lowest BCUT2D eigenvalue weighted by molar-refractivity contribution is 1.10. The monoisotopic (exact) mass is 245 g/mol. The molecular weight excluding hydrogens is 230 g/mol. The van der Waals surface area contributed by atoms with Crippen LogP contribution in [0.2, 0.25) is 0 Å². The van der Waals surface area contributed by atoms with E-state index in [1.807, 2.05) is 18.2 Å². The van der Waals surface area contributed by atoms with E-state index in [1.165, 1.54) is 16.0 Å². The van der Waals surface area contributed by atoms with Gasteiger partial charge in [0, 0.05) is 4.90 Å². The third-order valence-corrected chi connectivity index (χ3v) is 3.53. The van der Waals surface area contributed by atoms with E-state index >= 15 is 0 Å². The van der Waals surface area contributed by atoms with Gasteiger partial charge in [-0.3, -0.25) is 0 Å². The number of aryl methyl sites for hydroxylation is 2. The summed E-state index contributed by atoms with van der Waals surface area (Å²) in [6.07, 6.45) is 0. The van der Waals surface area contributed by atoms with Crippen molar-refractivity contribution in [2.24, 2.45) is 5.84 Å². The largest absolute Gasteiger partial charge is 0.308 e. The van der Waals surface area contributed by atoms with Crippen molar-refractivity contribution in [2.45, 2.75) is 23.8 Å². The van der Waals surface area contributed by atoms with Crippen molar-refractivity contribution >= 4 is 17.6 Å². The van der Waals surface area contributed by atoms with Crippen molar-refractivity contribution in [1.29, 1.82) is 0 Å². The number of nitrogen functional groups attached to an aromatic ring is 1. The predicted molar refractivity (Wildman–Crippen MR) is 72.1 cm³/mol. The minimum absolute atomic E-state index is 0.680. The maximum atomic E-state index is 5.34. The van der Waals surface area contributed by atoms with Crippen LogP contribution >= 0.6 is 11.8 Å². The zero-order valence-electron chi connectivity index (χ0n) is 9.90. The zero-order valence-corrected chi connectivity index (χ0v) is 10.7. The van der Waals surface area contributed by atoms with Gasteiger partial charge in [0.15, 0.2) is 0 Å². The van der Waals surface area contributed by atoms with Gasteiger partial charge in [0.25, 0.3) is 0 Å². The van der Waals surface area contributed by atoms with Crippen LogP contribution in [0.1, 0.15) is 11.1 Å². The molecule has 0 aliphatic carbocycles. The fourth-order valence-electron chi connectivity index (χ4n) is 1.58. The second kappa shape index (κ2) is 5.21. The van der Waals surface area contributed by atoms with Crippen LogP contribution in [0.15, 0.2) is 46.3 Å². The van der Waals surface area contributed by atoms with Gasteiger partial charge in [-0.05, 0) is 37.6 Å². The third kappa shape index (κ3) is 2.99. The highest BCUT2D eigenvalue weighted by Crippen LogP contribution is 2.29. The molecule has 0 saturated carbocycles. The van der Waals surface area contributed by atoms with Crippen molar-refractivity contribution in [1.82, 2.24) is 4.98 Å². The molecule has 1 aromatic carbocycles. The normalized spacial score (nSPS) is 10.3. The van der Waals surface area contributed by atoms with E-state index in [2.05, 4.69) is 42.5 Å². The number of nitrogens with zero attached hydrogens (tertiary/aromatic N) is 1. The second-order valence-electron chi connectivity index (χ2n) is 3.88. The van der Waals surface area contributed by atoms with Crippen LogP contribution in [0.5, 0.6) is 0 Å². The molecule has 0 spiro atoms. The first kappa shape index (κ1) is 12.0. The molecule has 17 heavy (non-hydrogen) atoms. The summed E-state index contributed by atoms with van der Waals surface area (Å²) in [6, 6.07) is 12.2. The standard InChI is InChI=1S/C13H15N3S/c1-9-6-7-11(10(2)8-9)17-13-5-3-4-12(15-13)16-14/h3-8H,14H2,1-2H3,(H,15,16). The van der Waals surface area contributed by atoms with Crippen LogP contribution < -0.4 is 11.3 Å². The lowest BCUT2D eigenvalue weighted by atomic mass is 10.2. The van der Waals surface area contributed by atoms with Crippen molar-refractivity contribution in [3.05, 3.63) is 47.5 Å². The van der Waals surface area contributed by atoms with E-state index in [4.69, 9.17) is 5.84 Å². The molecule has 1 aromatic heterocycles. The van der Waals surface area contributed by atoms with E-state index in [9.17, 15) is 0 Å². The number of aromatic nitrogens is 1. The maximum absolute atomic E-state index is 5.34. The highest BCUT2D eigenvalue weighted by Gasteiger charge is 2.03. The lowest BCUT2D eigenvalue weighted by Crippen LogP contribution is -2.08. The Morgan fingerprint density at radius 2 is 2.00 bits per heavy atom. The van der Waals surface area contributed by atoms with Gasteiger partial charge < -0.3 is 5.43 Å². The summed E-state index contributed by atoms with van der Waals surface area (Å²) < 4.78 is 0. The molecule has 0 radical (unpaired) electrons. The number of nitrogens with two attached hydrogens (primary N) is 1. The van der Waals surface area contributed by atoms with Crippen molar-refractivity contribution in [3.63, 3.8) is 0 Å². The van der Waals surface area contributed by atoms with Gasteiger partial charge in [0.1, 0.15) is 10.8 Å². The van der Waals surface area contributed by atoms with Gasteiger partial charge in [-0.2, -0.15) is 0 Å². The summed E-state index contributed by atoms with van der Waals surface area (Å²) in [4.78, 5) is 5.60. The molecule has 1 heterocycles. The summed E-state index contributed by atoms with van der Waals surface area (Å²) >= 11 is 1.65. The fraction of sp³-hybridized carbons (Fsp3) is 0.154. The smallest absolute Gasteiger partial charge is 0.141 e. The molecule has 3 N–H and O–H groups in total. The molecule has 0 bridgehead atoms. The highest BCUT2D eigenvalue weighted by molar-refractivity contribution is 7.99. The summed E-state index contributed by atoms with van der Waals surface area (Å²) in [7, 11) is 0. The molecule has 0 saturated heterocycles. The molecular formula is C13H15N3S. The van der Waals surface area contributed by atoms with Gasteiger partial charge in [-0.1, -0.05) is 35.5 Å². The molecule has 2 rings (SSSR count). The summed E-state index contributed by atoms with van der Waals surface area (Å²) in [5.74, 6) is 6.02. The Hall–Kier alpha value is -1.52. The molecule has 88 valence electrons. The van der Waals surface area contributed by atoms with Crippen LogP contribution in [-0.4, -0.2) is 4.98 Å². The maximum Gasteiger partial charge on any atom is 0.141 e. The first-order valence-electron chi connectivity index (χ1n) is 5.38. The SMILES string of the molecule is Cc1ccc(Sc2cccc(NN)n2)c(C)c1. The minimum atomic E-state index is 0.680. The minimum Gasteiger partial charge on any atom is -0.308 e. The molecule has 4 heteroatoms. The summed E-state index contributed by atoms with van der Waals surface area (Å²) in [5, 5.41) is 0.937. The molecule has 0 fully saturated rings. The Bertz CT molecular complexity index is 526. The van der Waals surface area contributed by atoms with Crippen molar-refractivity contribution < 1.29 is 0 Å². The number of nitrogens with one attached hydrogen (secondary N) is 1. The van der Waals surface area contributed by atoms with Crippen LogP contribution in [0.3, 0.4) is 0 Å². The zero-order chi connectivity index (χ0) is 12.3. The van der Waals surface area contributed by atoms with E-state index in [-0.39, 0.29) is 0 Å². The number of pyridine rings is 1. The molecule has 0 aliphatic heterocycles. The Kier molecular flexibility index (Phi) is 3.66. The fourth-order valence-corrected chi connectivity index (χ4v) is 2.45. The number of rotatable bonds is 3. The van der Waals surface area contributed by atoms with Gasteiger partial charge in [-0.15, -0.1) is 0 Å². The molecule has 0 unspecified atom stereocenters. The number of hydrazine groups is 1. The van der Waals surface area contributed by atoms with Crippen LogP contribution in [0.4, 0.5) is 5.82 Å². The number of benzene rings is 1. The first-order chi connectivity index (χ1) is 8.19. The van der Waals surface area contributed by atoms with Crippen LogP contribution in [0, 0.1) is 13.8 Å². The Labute approximate surface area is 105 Å². The van der Waals surface area contributed by atoms with Crippen LogP contribution in [-0.2, 0) is 0 Å². The summed E-state index contributed by atoms with van der Waals surface area (Å²) in [5.41, 5.74) is 5.09. The van der Waals surface area contributed by atoms with Crippen molar-refractivity contribution in [3.8, 4) is 0 Å². The van der Waals surface area contributed by atoms with E-state index in [0.29, 0.717) is 5.82 Å². The van der Waals surface area contributed by atoms with Crippen molar-refractivity contribution in [2.75, 3.05) is 5.43 Å². The molecule has 3 nitrogen and oxygen atoms in total. The number of hydrogen-bond donors (Lipinski definition) is 2. The number of anilines is 1. The Morgan fingerprint density at radius 1 is 1.18 bits per heavy atom. The molecule has 0 atom stereocenters. The molecule has 0 amide bonds. The predicted octanol–water partition coefficient (Wildman–Crippen LogP) is 3.14. The number of hydrogen-bond acceptors (Lipinski definition) is 4. The van der Waals surface area contributed by atoms with E-state index in [1.54, 1.807) is 11.8 Å². The highest BCUT2D eigenvalue weighted by atomic mass is 32.2. The van der Waals surface area contributed by atoms with Gasteiger partial charge in [0.05, 0.1) is 0 Å². The van der Waals surface area contributed by atoms with Crippen LogP contribution in [0.25, 0.3) is 0 Å².